The number of nitrogens with zero attached hydrogens (tertiary/aromatic N) is 2. The van der Waals surface area contributed by atoms with Crippen molar-refractivity contribution in [3.63, 3.8) is 0 Å². The summed E-state index contributed by atoms with van der Waals surface area (Å²) in [7, 11) is 1.90. The van der Waals surface area contributed by atoms with E-state index in [1.165, 1.54) is 5.56 Å². The molecule has 4 nitrogen and oxygen atoms in total. The molecule has 0 saturated heterocycles. The molecule has 0 aliphatic heterocycles. The average Bonchev–Trinajstić information content (AvgIpc) is 2.65. The Labute approximate surface area is 119 Å². The Kier molecular flexibility index (Phi) is 4.23. The SMILES string of the molecule is CCc1cccc(NC(=O)Cc2c(C)nn(C)c2C)c1. The van der Waals surface area contributed by atoms with E-state index in [1.807, 2.05) is 43.8 Å². The van der Waals surface area contributed by atoms with Crippen LogP contribution in [0, 0.1) is 13.8 Å². The van der Waals surface area contributed by atoms with E-state index in [0.717, 1.165) is 29.1 Å². The van der Waals surface area contributed by atoms with Gasteiger partial charge in [0.25, 0.3) is 0 Å². The van der Waals surface area contributed by atoms with E-state index in [-0.39, 0.29) is 5.91 Å². The highest BCUT2D eigenvalue weighted by atomic mass is 16.1. The second kappa shape index (κ2) is 5.90. The molecule has 0 atom stereocenters. The van der Waals surface area contributed by atoms with Gasteiger partial charge in [0.2, 0.25) is 5.91 Å². The van der Waals surface area contributed by atoms with Crippen molar-refractivity contribution in [2.45, 2.75) is 33.6 Å². The van der Waals surface area contributed by atoms with Crippen LogP contribution >= 0.6 is 0 Å². The summed E-state index contributed by atoms with van der Waals surface area (Å²) < 4.78 is 1.82. The van der Waals surface area contributed by atoms with Crippen molar-refractivity contribution >= 4 is 11.6 Å². The second-order valence-corrected chi connectivity index (χ2v) is 5.05. The molecule has 0 unspecified atom stereocenters. The van der Waals surface area contributed by atoms with E-state index in [1.54, 1.807) is 0 Å². The Morgan fingerprint density at radius 1 is 1.35 bits per heavy atom. The fourth-order valence-corrected chi connectivity index (χ4v) is 2.31. The average molecular weight is 271 g/mol. The summed E-state index contributed by atoms with van der Waals surface area (Å²) in [4.78, 5) is 12.1. The molecule has 0 fully saturated rings. The Bertz CT molecular complexity index is 629. The van der Waals surface area contributed by atoms with Gasteiger partial charge in [-0.15, -0.1) is 0 Å². The van der Waals surface area contributed by atoms with Gasteiger partial charge in [0.1, 0.15) is 0 Å². The predicted octanol–water partition coefficient (Wildman–Crippen LogP) is 2.78. The molecule has 1 heterocycles. The minimum atomic E-state index is -0.00236. The third-order valence-corrected chi connectivity index (χ3v) is 3.62. The lowest BCUT2D eigenvalue weighted by atomic mass is 10.1. The second-order valence-electron chi connectivity index (χ2n) is 5.05. The lowest BCUT2D eigenvalue weighted by Gasteiger charge is -2.07. The first-order valence-electron chi connectivity index (χ1n) is 6.89. The number of hydrogen-bond acceptors (Lipinski definition) is 2. The van der Waals surface area contributed by atoms with Gasteiger partial charge in [-0.05, 0) is 38.0 Å². The van der Waals surface area contributed by atoms with Gasteiger partial charge >= 0.3 is 0 Å². The topological polar surface area (TPSA) is 46.9 Å². The van der Waals surface area contributed by atoms with Crippen LogP contribution in [0.2, 0.25) is 0 Å². The molecule has 4 heteroatoms. The van der Waals surface area contributed by atoms with Crippen LogP contribution in [0.3, 0.4) is 0 Å². The van der Waals surface area contributed by atoms with Crippen molar-refractivity contribution in [3.8, 4) is 0 Å². The molecule has 20 heavy (non-hydrogen) atoms. The van der Waals surface area contributed by atoms with Gasteiger partial charge in [-0.1, -0.05) is 19.1 Å². The van der Waals surface area contributed by atoms with Gasteiger partial charge in [0.15, 0.2) is 0 Å². The molecule has 1 aromatic carbocycles. The first kappa shape index (κ1) is 14.3. The standard InChI is InChI=1S/C16H21N3O/c1-5-13-7-6-8-14(9-13)17-16(20)10-15-11(2)18-19(4)12(15)3/h6-9H,5,10H2,1-4H3,(H,17,20). The highest BCUT2D eigenvalue weighted by Gasteiger charge is 2.13. The molecule has 2 rings (SSSR count). The quantitative estimate of drug-likeness (QED) is 0.929. The first-order valence-corrected chi connectivity index (χ1v) is 6.89. The number of aryl methyl sites for hydroxylation is 3. The highest BCUT2D eigenvalue weighted by molar-refractivity contribution is 5.92. The summed E-state index contributed by atoms with van der Waals surface area (Å²) in [5, 5.41) is 7.29. The van der Waals surface area contributed by atoms with Crippen LogP contribution < -0.4 is 5.32 Å². The van der Waals surface area contributed by atoms with Crippen molar-refractivity contribution in [2.75, 3.05) is 5.32 Å². The van der Waals surface area contributed by atoms with Crippen molar-refractivity contribution in [3.05, 3.63) is 46.8 Å². The highest BCUT2D eigenvalue weighted by Crippen LogP contribution is 2.15. The lowest BCUT2D eigenvalue weighted by molar-refractivity contribution is -0.115. The molecule has 0 aliphatic rings. The number of hydrogen-bond donors (Lipinski definition) is 1. The molecule has 106 valence electrons. The molecule has 0 spiro atoms. The van der Waals surface area contributed by atoms with Crippen LogP contribution in [0.1, 0.15) is 29.4 Å². The number of carbonyl (C=O) groups excluding carboxylic acids is 1. The van der Waals surface area contributed by atoms with Crippen LogP contribution in [-0.2, 0) is 24.7 Å². The molecule has 1 amide bonds. The zero-order chi connectivity index (χ0) is 14.7. The van der Waals surface area contributed by atoms with Gasteiger partial charge in [-0.3, -0.25) is 9.48 Å². The Morgan fingerprint density at radius 3 is 2.70 bits per heavy atom. The molecule has 0 saturated carbocycles. The normalized spacial score (nSPS) is 10.6. The maximum atomic E-state index is 12.1. The summed E-state index contributed by atoms with van der Waals surface area (Å²) in [6, 6.07) is 7.96. The van der Waals surface area contributed by atoms with Gasteiger partial charge < -0.3 is 5.32 Å². The smallest absolute Gasteiger partial charge is 0.228 e. The van der Waals surface area contributed by atoms with E-state index in [0.29, 0.717) is 6.42 Å². The van der Waals surface area contributed by atoms with Gasteiger partial charge in [0, 0.05) is 24.0 Å². The molecule has 0 bridgehead atoms. The zero-order valence-corrected chi connectivity index (χ0v) is 12.5. The fourth-order valence-electron chi connectivity index (χ4n) is 2.31. The van der Waals surface area contributed by atoms with Crippen LogP contribution in [-0.4, -0.2) is 15.7 Å². The number of benzene rings is 1. The number of aromatic nitrogens is 2. The number of carbonyl (C=O) groups is 1. The van der Waals surface area contributed by atoms with Gasteiger partial charge in [-0.25, -0.2) is 0 Å². The molecular weight excluding hydrogens is 250 g/mol. The van der Waals surface area contributed by atoms with Gasteiger partial charge in [0.05, 0.1) is 12.1 Å². The van der Waals surface area contributed by atoms with E-state index in [2.05, 4.69) is 23.4 Å². The largest absolute Gasteiger partial charge is 0.326 e. The molecule has 2 aromatic rings. The maximum absolute atomic E-state index is 12.1. The van der Waals surface area contributed by atoms with E-state index < -0.39 is 0 Å². The summed E-state index contributed by atoms with van der Waals surface area (Å²) in [6.45, 7) is 6.02. The minimum absolute atomic E-state index is 0.00236. The molecular formula is C16H21N3O. The van der Waals surface area contributed by atoms with E-state index in [9.17, 15) is 4.79 Å². The number of rotatable bonds is 4. The summed E-state index contributed by atoms with van der Waals surface area (Å²) in [5.74, 6) is -0.00236. The number of amides is 1. The molecule has 1 N–H and O–H groups in total. The van der Waals surface area contributed by atoms with E-state index >= 15 is 0 Å². The molecule has 0 aliphatic carbocycles. The monoisotopic (exact) mass is 271 g/mol. The fraction of sp³-hybridized carbons (Fsp3) is 0.375. The first-order chi connectivity index (χ1) is 9.51. The Balaban J connectivity index is 2.09. The maximum Gasteiger partial charge on any atom is 0.228 e. The van der Waals surface area contributed by atoms with Crippen LogP contribution in [0.15, 0.2) is 24.3 Å². The lowest BCUT2D eigenvalue weighted by Crippen LogP contribution is -2.15. The van der Waals surface area contributed by atoms with E-state index in [4.69, 9.17) is 0 Å². The summed E-state index contributed by atoms with van der Waals surface area (Å²) in [5.41, 5.74) is 5.05. The van der Waals surface area contributed by atoms with Crippen molar-refractivity contribution in [1.82, 2.24) is 9.78 Å². The number of nitrogens with one attached hydrogen (secondary N) is 1. The summed E-state index contributed by atoms with van der Waals surface area (Å²) in [6.07, 6.45) is 1.33. The molecule has 1 aromatic heterocycles. The third-order valence-electron chi connectivity index (χ3n) is 3.62. The number of anilines is 1. The van der Waals surface area contributed by atoms with Crippen molar-refractivity contribution in [1.29, 1.82) is 0 Å². The van der Waals surface area contributed by atoms with Crippen molar-refractivity contribution < 1.29 is 4.79 Å². The zero-order valence-electron chi connectivity index (χ0n) is 12.5. The van der Waals surface area contributed by atoms with Crippen molar-refractivity contribution in [2.24, 2.45) is 7.05 Å². The predicted molar refractivity (Wildman–Crippen MR) is 80.8 cm³/mol. The third kappa shape index (κ3) is 3.07. The minimum Gasteiger partial charge on any atom is -0.326 e. The Hall–Kier alpha value is -2.10. The van der Waals surface area contributed by atoms with Crippen LogP contribution in [0.25, 0.3) is 0 Å². The van der Waals surface area contributed by atoms with Gasteiger partial charge in [-0.2, -0.15) is 5.10 Å². The Morgan fingerprint density at radius 2 is 2.10 bits per heavy atom. The summed E-state index contributed by atoms with van der Waals surface area (Å²) >= 11 is 0. The van der Waals surface area contributed by atoms with Crippen LogP contribution in [0.5, 0.6) is 0 Å². The molecule has 0 radical (unpaired) electrons. The van der Waals surface area contributed by atoms with Crippen LogP contribution in [0.4, 0.5) is 5.69 Å².